The summed E-state index contributed by atoms with van der Waals surface area (Å²) in [6.45, 7) is 1.92. The fourth-order valence-electron chi connectivity index (χ4n) is 2.61. The van der Waals surface area contributed by atoms with E-state index in [1.807, 2.05) is 25.1 Å². The van der Waals surface area contributed by atoms with Crippen molar-refractivity contribution in [1.82, 2.24) is 4.98 Å². The zero-order valence-electron chi connectivity index (χ0n) is 10.5. The van der Waals surface area contributed by atoms with Gasteiger partial charge in [-0.1, -0.05) is 6.07 Å². The Morgan fingerprint density at radius 3 is 2.83 bits per heavy atom. The molecule has 1 aromatic heterocycles. The molecule has 0 atom stereocenters. The number of hydrogen-bond donors (Lipinski definition) is 1. The highest BCUT2D eigenvalue weighted by molar-refractivity contribution is 5.89. The summed E-state index contributed by atoms with van der Waals surface area (Å²) >= 11 is 0. The van der Waals surface area contributed by atoms with Crippen LogP contribution in [0.2, 0.25) is 0 Å². The van der Waals surface area contributed by atoms with Crippen LogP contribution in [0.25, 0.3) is 10.9 Å². The summed E-state index contributed by atoms with van der Waals surface area (Å²) in [7, 11) is 0. The number of aromatic nitrogens is 1. The fraction of sp³-hybridized carbons (Fsp3) is 0.400. The van der Waals surface area contributed by atoms with Crippen molar-refractivity contribution < 1.29 is 9.84 Å². The Bertz CT molecular complexity index is 574. The van der Waals surface area contributed by atoms with Gasteiger partial charge in [0.1, 0.15) is 17.0 Å². The highest BCUT2D eigenvalue weighted by atomic mass is 16.5. The molecule has 3 rings (SSSR count). The molecule has 1 aliphatic carbocycles. The van der Waals surface area contributed by atoms with E-state index in [2.05, 4.69) is 4.98 Å². The number of pyridine rings is 1. The van der Waals surface area contributed by atoms with Crippen LogP contribution in [0.1, 0.15) is 31.4 Å². The first-order valence-electron chi connectivity index (χ1n) is 6.50. The third-order valence-electron chi connectivity index (χ3n) is 3.50. The lowest BCUT2D eigenvalue weighted by Gasteiger charge is -2.15. The Morgan fingerprint density at radius 2 is 2.06 bits per heavy atom. The quantitative estimate of drug-likeness (QED) is 0.876. The van der Waals surface area contributed by atoms with E-state index < -0.39 is 0 Å². The van der Waals surface area contributed by atoms with Gasteiger partial charge in [-0.25, -0.2) is 4.98 Å². The Hall–Kier alpha value is -1.77. The van der Waals surface area contributed by atoms with Gasteiger partial charge in [0.25, 0.3) is 0 Å². The molecule has 3 heteroatoms. The van der Waals surface area contributed by atoms with Crippen LogP contribution in [0.3, 0.4) is 0 Å². The maximum atomic E-state index is 9.86. The van der Waals surface area contributed by atoms with Crippen LogP contribution in [0.15, 0.2) is 24.3 Å². The highest BCUT2D eigenvalue weighted by Crippen LogP contribution is 2.33. The van der Waals surface area contributed by atoms with Gasteiger partial charge >= 0.3 is 0 Å². The van der Waals surface area contributed by atoms with Gasteiger partial charge in [0.05, 0.1) is 6.10 Å². The molecule has 0 amide bonds. The van der Waals surface area contributed by atoms with E-state index in [9.17, 15) is 5.11 Å². The monoisotopic (exact) mass is 243 g/mol. The van der Waals surface area contributed by atoms with Crippen molar-refractivity contribution in [1.29, 1.82) is 0 Å². The predicted octanol–water partition coefficient (Wildman–Crippen LogP) is 3.57. The van der Waals surface area contributed by atoms with E-state index in [0.717, 1.165) is 29.7 Å². The van der Waals surface area contributed by atoms with Crippen molar-refractivity contribution in [2.45, 2.75) is 38.7 Å². The van der Waals surface area contributed by atoms with Crippen molar-refractivity contribution in [2.24, 2.45) is 0 Å². The number of hydrogen-bond acceptors (Lipinski definition) is 3. The van der Waals surface area contributed by atoms with E-state index in [1.165, 1.54) is 12.8 Å². The van der Waals surface area contributed by atoms with Gasteiger partial charge in [0.2, 0.25) is 0 Å². The lowest BCUT2D eigenvalue weighted by Crippen LogP contribution is -2.11. The summed E-state index contributed by atoms with van der Waals surface area (Å²) in [4.78, 5) is 4.38. The predicted molar refractivity (Wildman–Crippen MR) is 71.0 cm³/mol. The maximum absolute atomic E-state index is 9.86. The molecule has 1 N–H and O–H groups in total. The molecule has 0 saturated heterocycles. The molecule has 2 aromatic rings. The number of nitrogens with zero attached hydrogens (tertiary/aromatic N) is 1. The van der Waals surface area contributed by atoms with Gasteiger partial charge in [0, 0.05) is 17.1 Å². The molecule has 1 saturated carbocycles. The Balaban J connectivity index is 2.06. The number of phenolic OH excluding ortho intramolecular Hbond substituents is 1. The fourth-order valence-corrected chi connectivity index (χ4v) is 2.61. The highest BCUT2D eigenvalue weighted by Gasteiger charge is 2.18. The van der Waals surface area contributed by atoms with Crippen LogP contribution in [-0.4, -0.2) is 16.2 Å². The molecule has 1 fully saturated rings. The smallest absolute Gasteiger partial charge is 0.141 e. The van der Waals surface area contributed by atoms with Crippen LogP contribution in [0.4, 0.5) is 0 Å². The minimum Gasteiger partial charge on any atom is -0.506 e. The molecular formula is C15H17NO2. The van der Waals surface area contributed by atoms with Crippen LogP contribution in [0, 0.1) is 6.92 Å². The molecular weight excluding hydrogens is 226 g/mol. The summed E-state index contributed by atoms with van der Waals surface area (Å²) in [5, 5.41) is 10.8. The van der Waals surface area contributed by atoms with Crippen LogP contribution in [0.5, 0.6) is 11.5 Å². The van der Waals surface area contributed by atoms with E-state index in [4.69, 9.17) is 4.74 Å². The molecule has 0 spiro atoms. The van der Waals surface area contributed by atoms with Gasteiger partial charge in [-0.05, 0) is 44.7 Å². The largest absolute Gasteiger partial charge is 0.506 e. The molecule has 94 valence electrons. The van der Waals surface area contributed by atoms with Gasteiger partial charge in [-0.3, -0.25) is 0 Å². The third-order valence-corrected chi connectivity index (χ3v) is 3.50. The first-order chi connectivity index (χ1) is 8.74. The Kier molecular flexibility index (Phi) is 2.82. The van der Waals surface area contributed by atoms with E-state index in [1.54, 1.807) is 6.07 Å². The van der Waals surface area contributed by atoms with Crippen molar-refractivity contribution in [3.8, 4) is 11.5 Å². The maximum Gasteiger partial charge on any atom is 0.141 e. The second-order valence-electron chi connectivity index (χ2n) is 4.96. The second kappa shape index (κ2) is 4.48. The van der Waals surface area contributed by atoms with Gasteiger partial charge in [0.15, 0.2) is 0 Å². The zero-order valence-corrected chi connectivity index (χ0v) is 10.5. The topological polar surface area (TPSA) is 42.4 Å². The molecule has 1 aliphatic rings. The number of phenols is 1. The van der Waals surface area contributed by atoms with Gasteiger partial charge in [-0.2, -0.15) is 0 Å². The van der Waals surface area contributed by atoms with Crippen molar-refractivity contribution in [3.05, 3.63) is 30.0 Å². The SMILES string of the molecule is Cc1cc(OC2CCCC2)c2cccc(O)c2n1. The summed E-state index contributed by atoms with van der Waals surface area (Å²) in [5.74, 6) is 1.06. The average Bonchev–Trinajstić information content (AvgIpc) is 2.83. The molecule has 0 bridgehead atoms. The number of fused-ring (bicyclic) bond motifs is 1. The number of rotatable bonds is 2. The van der Waals surface area contributed by atoms with E-state index in [0.29, 0.717) is 11.6 Å². The lowest BCUT2D eigenvalue weighted by molar-refractivity contribution is 0.212. The standard InChI is InChI=1S/C15H17NO2/c1-10-9-14(18-11-5-2-3-6-11)12-7-4-8-13(17)15(12)16-10/h4,7-9,11,17H,2-3,5-6H2,1H3. The minimum atomic E-state index is 0.215. The number of ether oxygens (including phenoxy) is 1. The van der Waals surface area contributed by atoms with Crippen LogP contribution < -0.4 is 4.74 Å². The van der Waals surface area contributed by atoms with Gasteiger partial charge < -0.3 is 9.84 Å². The second-order valence-corrected chi connectivity index (χ2v) is 4.96. The van der Waals surface area contributed by atoms with Crippen LogP contribution >= 0.6 is 0 Å². The normalized spacial score (nSPS) is 16.3. The van der Waals surface area contributed by atoms with Crippen molar-refractivity contribution >= 4 is 10.9 Å². The number of aryl methyl sites for hydroxylation is 1. The number of benzene rings is 1. The molecule has 18 heavy (non-hydrogen) atoms. The van der Waals surface area contributed by atoms with Crippen LogP contribution in [-0.2, 0) is 0 Å². The number of aromatic hydroxyl groups is 1. The molecule has 1 heterocycles. The summed E-state index contributed by atoms with van der Waals surface area (Å²) < 4.78 is 6.07. The summed E-state index contributed by atoms with van der Waals surface area (Å²) in [6, 6.07) is 7.40. The summed E-state index contributed by atoms with van der Waals surface area (Å²) in [5.41, 5.74) is 1.50. The molecule has 0 radical (unpaired) electrons. The number of para-hydroxylation sites is 1. The third kappa shape index (κ3) is 2.01. The first kappa shape index (κ1) is 11.3. The molecule has 0 aliphatic heterocycles. The molecule has 3 nitrogen and oxygen atoms in total. The minimum absolute atomic E-state index is 0.215. The van der Waals surface area contributed by atoms with Crippen molar-refractivity contribution in [2.75, 3.05) is 0 Å². The lowest BCUT2D eigenvalue weighted by atomic mass is 10.1. The van der Waals surface area contributed by atoms with Gasteiger partial charge in [-0.15, -0.1) is 0 Å². The zero-order chi connectivity index (χ0) is 12.5. The van der Waals surface area contributed by atoms with E-state index >= 15 is 0 Å². The summed E-state index contributed by atoms with van der Waals surface area (Å²) in [6.07, 6.45) is 5.07. The first-order valence-corrected chi connectivity index (χ1v) is 6.50. The Labute approximate surface area is 106 Å². The molecule has 0 unspecified atom stereocenters. The Morgan fingerprint density at radius 1 is 1.28 bits per heavy atom. The average molecular weight is 243 g/mol. The van der Waals surface area contributed by atoms with Crippen molar-refractivity contribution in [3.63, 3.8) is 0 Å². The van der Waals surface area contributed by atoms with E-state index in [-0.39, 0.29) is 5.75 Å². The molecule has 1 aromatic carbocycles.